The quantitative estimate of drug-likeness (QED) is 0.884. The second-order valence-electron chi connectivity index (χ2n) is 5.84. The highest BCUT2D eigenvalue weighted by Crippen LogP contribution is 2.29. The molecule has 2 N–H and O–H groups in total. The van der Waals surface area contributed by atoms with Crippen molar-refractivity contribution in [3.63, 3.8) is 0 Å². The summed E-state index contributed by atoms with van der Waals surface area (Å²) in [6.45, 7) is 4.84. The van der Waals surface area contributed by atoms with Crippen LogP contribution < -0.4 is 5.73 Å². The average molecular weight is 386 g/mol. The lowest BCUT2D eigenvalue weighted by atomic mass is 9.95. The number of aryl methyl sites for hydroxylation is 2. The number of hydrogen-bond acceptors (Lipinski definition) is 3. The van der Waals surface area contributed by atoms with Gasteiger partial charge in [0.25, 0.3) is 0 Å². The van der Waals surface area contributed by atoms with E-state index in [1.165, 1.54) is 11.3 Å². The monoisotopic (exact) mass is 384 g/mol. The molecule has 2 heterocycles. The van der Waals surface area contributed by atoms with Gasteiger partial charge in [-0.3, -0.25) is 9.58 Å². The third kappa shape index (κ3) is 3.38. The van der Waals surface area contributed by atoms with E-state index in [2.05, 4.69) is 56.3 Å². The van der Waals surface area contributed by atoms with Gasteiger partial charge in [-0.2, -0.15) is 5.10 Å². The van der Waals surface area contributed by atoms with Gasteiger partial charge in [0, 0.05) is 38.6 Å². The molecule has 22 heavy (non-hydrogen) atoms. The maximum atomic E-state index is 6.36. The Labute approximate surface area is 146 Å². The molecule has 1 aliphatic heterocycles. The number of aromatic nitrogens is 2. The van der Waals surface area contributed by atoms with E-state index in [1.54, 1.807) is 0 Å². The Morgan fingerprint density at radius 3 is 2.55 bits per heavy atom. The van der Waals surface area contributed by atoms with Gasteiger partial charge < -0.3 is 5.73 Å². The van der Waals surface area contributed by atoms with Crippen molar-refractivity contribution in [2.75, 3.05) is 13.1 Å². The van der Waals surface area contributed by atoms with Crippen molar-refractivity contribution in [3.8, 4) is 0 Å². The second kappa shape index (κ2) is 7.13. The maximum absolute atomic E-state index is 6.36. The molecule has 0 radical (unpaired) electrons. The number of rotatable bonds is 3. The van der Waals surface area contributed by atoms with Crippen LogP contribution in [0.5, 0.6) is 0 Å². The topological polar surface area (TPSA) is 47.1 Å². The summed E-state index contributed by atoms with van der Waals surface area (Å²) in [5, 5.41) is 4.46. The van der Waals surface area contributed by atoms with Crippen LogP contribution in [0.3, 0.4) is 0 Å². The first-order valence-electron chi connectivity index (χ1n) is 7.27. The van der Waals surface area contributed by atoms with Crippen LogP contribution in [0.4, 0.5) is 0 Å². The largest absolute Gasteiger partial charge is 0.326 e. The lowest BCUT2D eigenvalue weighted by Gasteiger charge is -2.16. The van der Waals surface area contributed by atoms with Crippen molar-refractivity contribution in [1.82, 2.24) is 14.7 Å². The van der Waals surface area contributed by atoms with Crippen molar-refractivity contribution in [2.45, 2.75) is 25.4 Å². The Morgan fingerprint density at radius 1 is 1.27 bits per heavy atom. The van der Waals surface area contributed by atoms with E-state index in [-0.39, 0.29) is 18.4 Å². The van der Waals surface area contributed by atoms with Crippen molar-refractivity contribution in [2.24, 2.45) is 12.8 Å². The molecular formula is C16H22BrClN4. The molecule has 1 aliphatic rings. The third-order valence-electron chi connectivity index (χ3n) is 4.30. The molecule has 2 atom stereocenters. The fourth-order valence-electron chi connectivity index (χ4n) is 3.16. The molecule has 0 saturated carbocycles. The molecule has 4 nitrogen and oxygen atoms in total. The minimum atomic E-state index is 0. The van der Waals surface area contributed by atoms with Crippen LogP contribution >= 0.6 is 28.3 Å². The Balaban J connectivity index is 0.00000176. The molecule has 0 aliphatic carbocycles. The molecule has 120 valence electrons. The van der Waals surface area contributed by atoms with Crippen LogP contribution in [0.25, 0.3) is 0 Å². The molecule has 1 fully saturated rings. The number of halogens is 2. The number of likely N-dealkylation sites (tertiary alicyclic amines) is 1. The van der Waals surface area contributed by atoms with Crippen LogP contribution in [-0.4, -0.2) is 33.8 Å². The van der Waals surface area contributed by atoms with Crippen LogP contribution in [0, 0.1) is 6.92 Å². The SMILES string of the molecule is Cc1nn(C)c(CN2C[C@@H](N)[C@H](c3ccccc3)C2)c1Br.Cl. The summed E-state index contributed by atoms with van der Waals surface area (Å²) in [4.78, 5) is 2.42. The fourth-order valence-corrected chi connectivity index (χ4v) is 3.62. The molecule has 6 heteroatoms. The van der Waals surface area contributed by atoms with Gasteiger partial charge >= 0.3 is 0 Å². The van der Waals surface area contributed by atoms with Crippen LogP contribution in [-0.2, 0) is 13.6 Å². The Hall–Kier alpha value is -0.880. The van der Waals surface area contributed by atoms with E-state index >= 15 is 0 Å². The predicted molar refractivity (Wildman–Crippen MR) is 95.3 cm³/mol. The van der Waals surface area contributed by atoms with Gasteiger partial charge in [0.2, 0.25) is 0 Å². The van der Waals surface area contributed by atoms with E-state index in [0.717, 1.165) is 29.8 Å². The molecule has 2 aromatic rings. The number of hydrogen-bond donors (Lipinski definition) is 1. The predicted octanol–water partition coefficient (Wildman–Crippen LogP) is 2.84. The average Bonchev–Trinajstić information content (AvgIpc) is 2.95. The Bertz CT molecular complexity index is 629. The second-order valence-corrected chi connectivity index (χ2v) is 6.64. The first-order valence-corrected chi connectivity index (χ1v) is 8.06. The van der Waals surface area contributed by atoms with Crippen LogP contribution in [0.1, 0.15) is 22.9 Å². The Kier molecular flexibility index (Phi) is 5.66. The van der Waals surface area contributed by atoms with Crippen molar-refractivity contribution in [3.05, 3.63) is 51.8 Å². The molecule has 1 saturated heterocycles. The number of benzene rings is 1. The maximum Gasteiger partial charge on any atom is 0.0739 e. The zero-order chi connectivity index (χ0) is 15.0. The van der Waals surface area contributed by atoms with Gasteiger partial charge in [0.15, 0.2) is 0 Å². The van der Waals surface area contributed by atoms with Crippen molar-refractivity contribution < 1.29 is 0 Å². The van der Waals surface area contributed by atoms with E-state index in [9.17, 15) is 0 Å². The molecule has 0 amide bonds. The van der Waals surface area contributed by atoms with Crippen molar-refractivity contribution in [1.29, 1.82) is 0 Å². The van der Waals surface area contributed by atoms with E-state index in [4.69, 9.17) is 5.73 Å². The highest BCUT2D eigenvalue weighted by Gasteiger charge is 2.31. The lowest BCUT2D eigenvalue weighted by Crippen LogP contribution is -2.29. The minimum absolute atomic E-state index is 0. The summed E-state index contributed by atoms with van der Waals surface area (Å²) in [7, 11) is 2.00. The van der Waals surface area contributed by atoms with Gasteiger partial charge in [0.05, 0.1) is 15.9 Å². The summed E-state index contributed by atoms with van der Waals surface area (Å²) >= 11 is 3.64. The highest BCUT2D eigenvalue weighted by atomic mass is 79.9. The van der Waals surface area contributed by atoms with Gasteiger partial charge in [0.1, 0.15) is 0 Å². The molecule has 0 spiro atoms. The summed E-state index contributed by atoms with van der Waals surface area (Å²) in [5.41, 5.74) is 9.95. The first kappa shape index (κ1) is 17.5. The Morgan fingerprint density at radius 2 is 1.95 bits per heavy atom. The number of nitrogens with zero attached hydrogens (tertiary/aromatic N) is 3. The van der Waals surface area contributed by atoms with Crippen LogP contribution in [0.15, 0.2) is 34.8 Å². The molecule has 1 aromatic carbocycles. The summed E-state index contributed by atoms with van der Waals surface area (Å²) in [5.74, 6) is 0.416. The third-order valence-corrected chi connectivity index (χ3v) is 5.33. The molecule has 0 unspecified atom stereocenters. The van der Waals surface area contributed by atoms with Gasteiger partial charge in [-0.1, -0.05) is 30.3 Å². The first-order chi connectivity index (χ1) is 10.1. The van der Waals surface area contributed by atoms with Crippen molar-refractivity contribution >= 4 is 28.3 Å². The fraction of sp³-hybridized carbons (Fsp3) is 0.438. The zero-order valence-electron chi connectivity index (χ0n) is 12.9. The standard InChI is InChI=1S/C16H21BrN4.ClH/c1-11-16(17)15(20(2)19-11)10-21-8-13(14(18)9-21)12-6-4-3-5-7-12;/h3-7,13-14H,8-10,18H2,1-2H3;1H/t13-,14+;/m0./s1. The van der Waals surface area contributed by atoms with E-state index < -0.39 is 0 Å². The normalized spacial score (nSPS) is 21.8. The van der Waals surface area contributed by atoms with E-state index in [0.29, 0.717) is 5.92 Å². The molecule has 3 rings (SSSR count). The molecular weight excluding hydrogens is 364 g/mol. The smallest absolute Gasteiger partial charge is 0.0739 e. The zero-order valence-corrected chi connectivity index (χ0v) is 15.3. The van der Waals surface area contributed by atoms with Gasteiger partial charge in [-0.05, 0) is 28.4 Å². The summed E-state index contributed by atoms with van der Waals surface area (Å²) < 4.78 is 3.07. The van der Waals surface area contributed by atoms with Gasteiger partial charge in [-0.25, -0.2) is 0 Å². The van der Waals surface area contributed by atoms with Crippen LogP contribution in [0.2, 0.25) is 0 Å². The minimum Gasteiger partial charge on any atom is -0.326 e. The highest BCUT2D eigenvalue weighted by molar-refractivity contribution is 9.10. The lowest BCUT2D eigenvalue weighted by molar-refractivity contribution is 0.313. The molecule has 0 bridgehead atoms. The van der Waals surface area contributed by atoms with E-state index in [1.807, 2.05) is 18.7 Å². The summed E-state index contributed by atoms with van der Waals surface area (Å²) in [6.07, 6.45) is 0. The number of nitrogens with two attached hydrogens (primary N) is 1. The summed E-state index contributed by atoms with van der Waals surface area (Å²) in [6, 6.07) is 10.8. The molecule has 1 aromatic heterocycles. The van der Waals surface area contributed by atoms with Gasteiger partial charge in [-0.15, -0.1) is 12.4 Å².